The van der Waals surface area contributed by atoms with E-state index in [1.807, 2.05) is 0 Å². The van der Waals surface area contributed by atoms with Gasteiger partial charge in [-0.15, -0.1) is 0 Å². The van der Waals surface area contributed by atoms with Crippen molar-refractivity contribution in [2.45, 2.75) is 6.18 Å². The fourth-order valence-electron chi connectivity index (χ4n) is 4.02. The maximum Gasteiger partial charge on any atom is 0.435 e. The van der Waals surface area contributed by atoms with Crippen LogP contribution in [0.3, 0.4) is 0 Å². The molecule has 2 aromatic heterocycles. The van der Waals surface area contributed by atoms with E-state index in [1.165, 1.54) is 32.7 Å². The van der Waals surface area contributed by atoms with E-state index >= 15 is 0 Å². The molecular formula is C27H20F4N6O3. The first-order valence-corrected chi connectivity index (χ1v) is 11.6. The molecule has 0 aliphatic heterocycles. The van der Waals surface area contributed by atoms with Crippen molar-refractivity contribution in [1.82, 2.24) is 19.7 Å². The monoisotopic (exact) mass is 552 g/mol. The number of ether oxygens (including phenoxy) is 2. The van der Waals surface area contributed by atoms with Gasteiger partial charge < -0.3 is 14.8 Å². The fraction of sp³-hybridized carbons (Fsp3) is 0.111. The number of carbonyl (C=O) groups excluding carboxylic acids is 1. The Hall–Kier alpha value is -5.20. The summed E-state index contributed by atoms with van der Waals surface area (Å²) in [5, 5.41) is 9.20. The maximum absolute atomic E-state index is 13.4. The number of amides is 2. The molecule has 5 rings (SSSR count). The number of rotatable bonds is 6. The Labute approximate surface area is 224 Å². The van der Waals surface area contributed by atoms with E-state index in [1.54, 1.807) is 36.4 Å². The van der Waals surface area contributed by atoms with Crippen LogP contribution >= 0.6 is 0 Å². The number of anilines is 2. The zero-order valence-electron chi connectivity index (χ0n) is 21.0. The van der Waals surface area contributed by atoms with Gasteiger partial charge in [-0.3, -0.25) is 5.32 Å². The zero-order valence-corrected chi connectivity index (χ0v) is 21.0. The molecule has 9 nitrogen and oxygen atoms in total. The van der Waals surface area contributed by atoms with Crippen molar-refractivity contribution in [2.75, 3.05) is 24.9 Å². The van der Waals surface area contributed by atoms with Crippen molar-refractivity contribution in [2.24, 2.45) is 0 Å². The van der Waals surface area contributed by atoms with Gasteiger partial charge in [0.1, 0.15) is 18.0 Å². The molecule has 0 aliphatic carbocycles. The lowest BCUT2D eigenvalue weighted by molar-refractivity contribution is -0.141. The minimum atomic E-state index is -4.76. The summed E-state index contributed by atoms with van der Waals surface area (Å²) in [6, 6.07) is 14.7. The third kappa shape index (κ3) is 5.34. The number of carbonyl (C=O) groups is 1. The van der Waals surface area contributed by atoms with Crippen LogP contribution in [-0.4, -0.2) is 40.0 Å². The van der Waals surface area contributed by atoms with Gasteiger partial charge in [0.25, 0.3) is 0 Å². The zero-order chi connectivity index (χ0) is 28.4. The van der Waals surface area contributed by atoms with E-state index in [2.05, 4.69) is 25.7 Å². The maximum atomic E-state index is 13.4. The SMILES string of the molecule is COc1cc2ncnc(-c3cccc(NC(=O)Nc4cc(C(F)(F)F)nn4-c4ccc(F)cc4)c3)c2cc1OC. The van der Waals surface area contributed by atoms with Gasteiger partial charge >= 0.3 is 12.2 Å². The van der Waals surface area contributed by atoms with Gasteiger partial charge in [-0.2, -0.15) is 18.3 Å². The van der Waals surface area contributed by atoms with Crippen molar-refractivity contribution >= 4 is 28.4 Å². The van der Waals surface area contributed by atoms with Gasteiger partial charge in [-0.1, -0.05) is 12.1 Å². The molecular weight excluding hydrogens is 532 g/mol. The quantitative estimate of drug-likeness (QED) is 0.240. The van der Waals surface area contributed by atoms with Crippen LogP contribution in [0.4, 0.5) is 33.9 Å². The first-order valence-electron chi connectivity index (χ1n) is 11.6. The van der Waals surface area contributed by atoms with Crippen LogP contribution in [0, 0.1) is 5.82 Å². The van der Waals surface area contributed by atoms with Crippen LogP contribution in [0.2, 0.25) is 0 Å². The van der Waals surface area contributed by atoms with Crippen LogP contribution in [-0.2, 0) is 6.18 Å². The molecule has 13 heteroatoms. The first kappa shape index (κ1) is 26.4. The number of alkyl halides is 3. The van der Waals surface area contributed by atoms with Crippen LogP contribution < -0.4 is 20.1 Å². The highest BCUT2D eigenvalue weighted by molar-refractivity contribution is 6.00. The summed E-state index contributed by atoms with van der Waals surface area (Å²) in [4.78, 5) is 21.5. The molecule has 0 atom stereocenters. The Kier molecular flexibility index (Phi) is 6.94. The molecule has 0 aliphatic rings. The van der Waals surface area contributed by atoms with Crippen molar-refractivity contribution in [3.63, 3.8) is 0 Å². The molecule has 0 spiro atoms. The Bertz CT molecular complexity index is 1700. The van der Waals surface area contributed by atoms with Gasteiger partial charge in [0, 0.05) is 28.8 Å². The second kappa shape index (κ2) is 10.5. The summed E-state index contributed by atoms with van der Waals surface area (Å²) in [5.74, 6) is 0.138. The summed E-state index contributed by atoms with van der Waals surface area (Å²) >= 11 is 0. The minimum Gasteiger partial charge on any atom is -0.493 e. The summed E-state index contributed by atoms with van der Waals surface area (Å²) in [5.41, 5.74) is 1.03. The summed E-state index contributed by atoms with van der Waals surface area (Å²) in [6.07, 6.45) is -3.37. The molecule has 3 aromatic carbocycles. The average Bonchev–Trinajstić information content (AvgIpc) is 3.36. The smallest absolute Gasteiger partial charge is 0.435 e. The summed E-state index contributed by atoms with van der Waals surface area (Å²) in [7, 11) is 3.03. The molecule has 2 amide bonds. The van der Waals surface area contributed by atoms with Crippen molar-refractivity contribution in [3.8, 4) is 28.4 Å². The molecule has 0 saturated carbocycles. The second-order valence-electron chi connectivity index (χ2n) is 8.41. The number of urea groups is 1. The highest BCUT2D eigenvalue weighted by Gasteiger charge is 2.35. The molecule has 0 bridgehead atoms. The Morgan fingerprint density at radius 1 is 0.900 bits per heavy atom. The third-order valence-corrected chi connectivity index (χ3v) is 5.85. The Balaban J connectivity index is 1.43. The number of methoxy groups -OCH3 is 2. The molecule has 2 heterocycles. The first-order chi connectivity index (χ1) is 19.2. The normalized spacial score (nSPS) is 11.3. The van der Waals surface area contributed by atoms with E-state index in [-0.39, 0.29) is 11.5 Å². The van der Waals surface area contributed by atoms with Crippen LogP contribution in [0.25, 0.3) is 27.8 Å². The number of fused-ring (bicyclic) bond motifs is 1. The lowest BCUT2D eigenvalue weighted by Gasteiger charge is -2.12. The molecule has 5 aromatic rings. The Morgan fingerprint density at radius 3 is 2.33 bits per heavy atom. The van der Waals surface area contributed by atoms with Crippen LogP contribution in [0.1, 0.15) is 5.69 Å². The Morgan fingerprint density at radius 2 is 1.62 bits per heavy atom. The van der Waals surface area contributed by atoms with E-state index in [9.17, 15) is 22.4 Å². The van der Waals surface area contributed by atoms with Gasteiger partial charge in [0.05, 0.1) is 31.1 Å². The van der Waals surface area contributed by atoms with Crippen LogP contribution in [0.15, 0.2) is 73.1 Å². The van der Waals surface area contributed by atoms with Gasteiger partial charge in [0.2, 0.25) is 0 Å². The highest BCUT2D eigenvalue weighted by atomic mass is 19.4. The number of aromatic nitrogens is 4. The predicted octanol–water partition coefficient (Wildman–Crippen LogP) is 6.30. The number of benzene rings is 3. The molecule has 0 saturated heterocycles. The number of hydrogen-bond donors (Lipinski definition) is 2. The predicted molar refractivity (Wildman–Crippen MR) is 139 cm³/mol. The fourth-order valence-corrected chi connectivity index (χ4v) is 4.02. The van der Waals surface area contributed by atoms with Gasteiger partial charge in [-0.05, 0) is 42.5 Å². The summed E-state index contributed by atoms with van der Waals surface area (Å²) in [6.45, 7) is 0. The van der Waals surface area contributed by atoms with Crippen molar-refractivity contribution in [3.05, 3.63) is 84.6 Å². The minimum absolute atomic E-state index is 0.122. The number of nitrogens with one attached hydrogen (secondary N) is 2. The molecule has 2 N–H and O–H groups in total. The number of hydrogen-bond acceptors (Lipinski definition) is 6. The highest BCUT2D eigenvalue weighted by Crippen LogP contribution is 2.36. The van der Waals surface area contributed by atoms with Gasteiger partial charge in [0.15, 0.2) is 17.2 Å². The van der Waals surface area contributed by atoms with Crippen molar-refractivity contribution in [1.29, 1.82) is 0 Å². The molecule has 0 radical (unpaired) electrons. The van der Waals surface area contributed by atoms with Crippen molar-refractivity contribution < 1.29 is 31.8 Å². The largest absolute Gasteiger partial charge is 0.493 e. The number of halogens is 4. The number of nitrogens with zero attached hydrogens (tertiary/aromatic N) is 4. The van der Waals surface area contributed by atoms with E-state index in [0.717, 1.165) is 16.8 Å². The molecule has 0 unspecified atom stereocenters. The topological polar surface area (TPSA) is 103 Å². The van der Waals surface area contributed by atoms with E-state index in [0.29, 0.717) is 45.4 Å². The second-order valence-corrected chi connectivity index (χ2v) is 8.41. The van der Waals surface area contributed by atoms with Gasteiger partial charge in [-0.25, -0.2) is 23.8 Å². The van der Waals surface area contributed by atoms with E-state index in [4.69, 9.17) is 9.47 Å². The van der Waals surface area contributed by atoms with E-state index < -0.39 is 23.7 Å². The lowest BCUT2D eigenvalue weighted by atomic mass is 10.1. The standard InChI is InChI=1S/C27H20F4N6O3/c1-39-21-11-19-20(12-22(21)40-2)32-14-33-25(19)15-4-3-5-17(10-15)34-26(38)35-24-13-23(27(29,30)31)36-37(24)18-8-6-16(28)7-9-18/h3-14H,1-2H3,(H2,34,35,38). The molecule has 204 valence electrons. The molecule has 0 fully saturated rings. The molecule has 40 heavy (non-hydrogen) atoms. The third-order valence-electron chi connectivity index (χ3n) is 5.85. The lowest BCUT2D eigenvalue weighted by Crippen LogP contribution is -2.21. The van der Waals surface area contributed by atoms with Crippen LogP contribution in [0.5, 0.6) is 11.5 Å². The summed E-state index contributed by atoms with van der Waals surface area (Å²) < 4.78 is 65.0. The average molecular weight is 552 g/mol.